The number of hydrogen-bond donors (Lipinski definition) is 0. The van der Waals surface area contributed by atoms with Gasteiger partial charge in [0.2, 0.25) is 0 Å². The third kappa shape index (κ3) is 8.23. The van der Waals surface area contributed by atoms with Crippen molar-refractivity contribution in [3.63, 3.8) is 0 Å². The Kier molecular flexibility index (Phi) is 8.12. The lowest BCUT2D eigenvalue weighted by Crippen LogP contribution is -2.14. The summed E-state index contributed by atoms with van der Waals surface area (Å²) in [5, 5.41) is 0. The number of carbonyl (C=O) groups is 1. The molecular weight excluding hydrogens is 212 g/mol. The zero-order valence-corrected chi connectivity index (χ0v) is 11.4. The molecule has 2 heteroatoms. The highest BCUT2D eigenvalue weighted by molar-refractivity contribution is 5.69. The molecule has 0 radical (unpaired) electrons. The highest BCUT2D eigenvalue weighted by Gasteiger charge is 2.09. The van der Waals surface area contributed by atoms with Gasteiger partial charge in [-0.2, -0.15) is 0 Å². The molecule has 0 aliphatic carbocycles. The molecule has 1 rings (SSSR count). The Morgan fingerprint density at radius 2 is 1.29 bits per heavy atom. The summed E-state index contributed by atoms with van der Waals surface area (Å²) in [6.45, 7) is 2.02. The molecule has 2 nitrogen and oxygen atoms in total. The molecule has 17 heavy (non-hydrogen) atoms. The SMILES string of the molecule is CC1CCCCCCCCCCCCC(=O)O1. The molecule has 1 aliphatic rings. The molecule has 0 aromatic carbocycles. The van der Waals surface area contributed by atoms with Gasteiger partial charge in [-0.05, 0) is 26.2 Å². The summed E-state index contributed by atoms with van der Waals surface area (Å²) >= 11 is 0. The summed E-state index contributed by atoms with van der Waals surface area (Å²) in [6, 6.07) is 0. The maximum absolute atomic E-state index is 11.5. The smallest absolute Gasteiger partial charge is 0.306 e. The average molecular weight is 240 g/mol. The van der Waals surface area contributed by atoms with Crippen molar-refractivity contribution in [3.8, 4) is 0 Å². The van der Waals surface area contributed by atoms with Crippen molar-refractivity contribution in [2.75, 3.05) is 0 Å². The van der Waals surface area contributed by atoms with Gasteiger partial charge in [0.05, 0.1) is 6.10 Å². The monoisotopic (exact) mass is 240 g/mol. The molecule has 0 aromatic rings. The number of ether oxygens (including phenoxy) is 1. The van der Waals surface area contributed by atoms with Crippen molar-refractivity contribution in [1.29, 1.82) is 0 Å². The fourth-order valence-electron chi connectivity index (χ4n) is 2.46. The zero-order valence-electron chi connectivity index (χ0n) is 11.4. The molecule has 1 atom stereocenters. The molecule has 1 unspecified atom stereocenters. The summed E-state index contributed by atoms with van der Waals surface area (Å²) in [7, 11) is 0. The van der Waals surface area contributed by atoms with E-state index in [9.17, 15) is 4.79 Å². The highest BCUT2D eigenvalue weighted by atomic mass is 16.5. The standard InChI is InChI=1S/C15H28O2/c1-14-12-10-8-6-4-2-3-5-7-9-11-13-15(16)17-14/h14H,2-13H2,1H3. The zero-order chi connectivity index (χ0) is 12.3. The van der Waals surface area contributed by atoms with E-state index in [1.54, 1.807) is 0 Å². The van der Waals surface area contributed by atoms with Crippen LogP contribution in [-0.2, 0) is 9.53 Å². The van der Waals surface area contributed by atoms with Crippen LogP contribution in [0, 0.1) is 0 Å². The van der Waals surface area contributed by atoms with Crippen LogP contribution < -0.4 is 0 Å². The topological polar surface area (TPSA) is 26.3 Å². The number of esters is 1. The lowest BCUT2D eigenvalue weighted by atomic mass is 10.0. The number of cyclic esters (lactones) is 1. The van der Waals surface area contributed by atoms with Crippen molar-refractivity contribution >= 4 is 5.97 Å². The Bertz CT molecular complexity index is 201. The van der Waals surface area contributed by atoms with Gasteiger partial charge >= 0.3 is 5.97 Å². The van der Waals surface area contributed by atoms with Gasteiger partial charge in [-0.1, -0.05) is 51.4 Å². The quantitative estimate of drug-likeness (QED) is 0.578. The van der Waals surface area contributed by atoms with Gasteiger partial charge in [-0.25, -0.2) is 0 Å². The van der Waals surface area contributed by atoms with Crippen molar-refractivity contribution in [3.05, 3.63) is 0 Å². The molecule has 1 aliphatic heterocycles. The first-order chi connectivity index (χ1) is 8.29. The third-order valence-corrected chi connectivity index (χ3v) is 3.57. The van der Waals surface area contributed by atoms with Crippen LogP contribution >= 0.6 is 0 Å². The first kappa shape index (κ1) is 14.5. The molecule has 1 fully saturated rings. The van der Waals surface area contributed by atoms with Crippen molar-refractivity contribution in [1.82, 2.24) is 0 Å². The molecular formula is C15H28O2. The van der Waals surface area contributed by atoms with Gasteiger partial charge in [-0.3, -0.25) is 4.79 Å². The van der Waals surface area contributed by atoms with Crippen LogP contribution in [0.1, 0.15) is 84.0 Å². The summed E-state index contributed by atoms with van der Waals surface area (Å²) in [6.07, 6.45) is 14.6. The first-order valence-corrected chi connectivity index (χ1v) is 7.48. The molecule has 0 N–H and O–H groups in total. The number of rotatable bonds is 0. The second kappa shape index (κ2) is 9.49. The van der Waals surface area contributed by atoms with Gasteiger partial charge in [-0.15, -0.1) is 0 Å². The van der Waals surface area contributed by atoms with E-state index < -0.39 is 0 Å². The second-order valence-corrected chi connectivity index (χ2v) is 5.37. The minimum atomic E-state index is 0.00683. The largest absolute Gasteiger partial charge is 0.463 e. The summed E-state index contributed by atoms with van der Waals surface area (Å²) in [5.74, 6) is 0.00683. The van der Waals surface area contributed by atoms with Gasteiger partial charge in [0.1, 0.15) is 0 Å². The van der Waals surface area contributed by atoms with Gasteiger partial charge in [0.15, 0.2) is 0 Å². The molecule has 0 bridgehead atoms. The maximum atomic E-state index is 11.5. The molecule has 0 saturated carbocycles. The fourth-order valence-corrected chi connectivity index (χ4v) is 2.46. The Labute approximate surface area is 106 Å². The van der Waals surface area contributed by atoms with Gasteiger partial charge in [0.25, 0.3) is 0 Å². The van der Waals surface area contributed by atoms with E-state index >= 15 is 0 Å². The fraction of sp³-hybridized carbons (Fsp3) is 0.933. The highest BCUT2D eigenvalue weighted by Crippen LogP contribution is 2.15. The number of hydrogen-bond acceptors (Lipinski definition) is 2. The van der Waals surface area contributed by atoms with E-state index in [4.69, 9.17) is 4.74 Å². The average Bonchev–Trinajstić information content (AvgIpc) is 2.30. The summed E-state index contributed by atoms with van der Waals surface area (Å²) in [5.41, 5.74) is 0. The Balaban J connectivity index is 2.23. The predicted molar refractivity (Wildman–Crippen MR) is 71.0 cm³/mol. The van der Waals surface area contributed by atoms with Gasteiger partial charge < -0.3 is 4.74 Å². The van der Waals surface area contributed by atoms with Crippen LogP contribution in [-0.4, -0.2) is 12.1 Å². The third-order valence-electron chi connectivity index (χ3n) is 3.57. The van der Waals surface area contributed by atoms with Crippen LogP contribution in [0.25, 0.3) is 0 Å². The van der Waals surface area contributed by atoms with E-state index in [1.165, 1.54) is 57.8 Å². The molecule has 100 valence electrons. The predicted octanol–water partition coefficient (Wildman–Crippen LogP) is 4.61. The Hall–Kier alpha value is -0.530. The molecule has 0 aromatic heterocycles. The lowest BCUT2D eigenvalue weighted by Gasteiger charge is -2.12. The molecule has 0 spiro atoms. The molecule has 1 saturated heterocycles. The van der Waals surface area contributed by atoms with Gasteiger partial charge in [0, 0.05) is 6.42 Å². The Morgan fingerprint density at radius 3 is 1.88 bits per heavy atom. The van der Waals surface area contributed by atoms with E-state index in [-0.39, 0.29) is 12.1 Å². The van der Waals surface area contributed by atoms with Crippen LogP contribution in [0.2, 0.25) is 0 Å². The molecule has 0 amide bonds. The second-order valence-electron chi connectivity index (χ2n) is 5.37. The van der Waals surface area contributed by atoms with Crippen LogP contribution in [0.5, 0.6) is 0 Å². The number of carbonyl (C=O) groups excluding carboxylic acids is 1. The minimum absolute atomic E-state index is 0.00683. The van der Waals surface area contributed by atoms with E-state index in [0.717, 1.165) is 12.8 Å². The summed E-state index contributed by atoms with van der Waals surface area (Å²) < 4.78 is 5.39. The van der Waals surface area contributed by atoms with Crippen LogP contribution in [0.15, 0.2) is 0 Å². The minimum Gasteiger partial charge on any atom is -0.463 e. The van der Waals surface area contributed by atoms with E-state index in [2.05, 4.69) is 0 Å². The van der Waals surface area contributed by atoms with Crippen molar-refractivity contribution in [2.24, 2.45) is 0 Å². The lowest BCUT2D eigenvalue weighted by molar-refractivity contribution is -0.148. The first-order valence-electron chi connectivity index (χ1n) is 7.48. The van der Waals surface area contributed by atoms with Crippen LogP contribution in [0.3, 0.4) is 0 Å². The summed E-state index contributed by atoms with van der Waals surface area (Å²) in [4.78, 5) is 11.5. The maximum Gasteiger partial charge on any atom is 0.306 e. The molecule has 1 heterocycles. The van der Waals surface area contributed by atoms with Crippen molar-refractivity contribution in [2.45, 2.75) is 90.1 Å². The van der Waals surface area contributed by atoms with E-state index in [0.29, 0.717) is 6.42 Å². The van der Waals surface area contributed by atoms with E-state index in [1.807, 2.05) is 6.92 Å². The normalized spacial score (nSPS) is 26.6. The Morgan fingerprint density at radius 1 is 0.824 bits per heavy atom. The van der Waals surface area contributed by atoms with Crippen molar-refractivity contribution < 1.29 is 9.53 Å². The van der Waals surface area contributed by atoms with Crippen LogP contribution in [0.4, 0.5) is 0 Å².